The van der Waals surface area contributed by atoms with E-state index in [1.54, 1.807) is 36.4 Å². The first-order valence-electron chi connectivity index (χ1n) is 9.51. The smallest absolute Gasteiger partial charge is 0.322 e. The van der Waals surface area contributed by atoms with Crippen LogP contribution in [0.1, 0.15) is 29.6 Å². The fraction of sp³-hybridized carbons (Fsp3) is 0.250. The van der Waals surface area contributed by atoms with E-state index < -0.39 is 21.7 Å². The quantitative estimate of drug-likeness (QED) is 0.643. The summed E-state index contributed by atoms with van der Waals surface area (Å²) in [6, 6.07) is 12.7. The molecule has 1 fully saturated rings. The van der Waals surface area contributed by atoms with Gasteiger partial charge in [-0.2, -0.15) is 4.31 Å². The Morgan fingerprint density at radius 3 is 2.57 bits per heavy atom. The van der Waals surface area contributed by atoms with Crippen LogP contribution in [0.3, 0.4) is 0 Å². The Labute approximate surface area is 172 Å². The molecule has 0 unspecified atom stereocenters. The number of nitrogens with zero attached hydrogens (tertiary/aromatic N) is 2. The summed E-state index contributed by atoms with van der Waals surface area (Å²) in [5.41, 5.74) is 1.25. The van der Waals surface area contributed by atoms with Gasteiger partial charge in [0.25, 0.3) is 5.91 Å². The van der Waals surface area contributed by atoms with Crippen molar-refractivity contribution in [2.45, 2.75) is 24.2 Å². The Balaban J connectivity index is 1.55. The lowest BCUT2D eigenvalue weighted by Gasteiger charge is -2.26. The Hall–Kier alpha value is -3.24. The minimum atomic E-state index is -3.63. The molecule has 4 rings (SSSR count). The monoisotopic (exact) mass is 428 g/mol. The van der Waals surface area contributed by atoms with E-state index in [2.05, 4.69) is 20.0 Å². The molecule has 1 aliphatic rings. The topological polar surface area (TPSA) is 125 Å². The number of sulfonamides is 1. The van der Waals surface area contributed by atoms with Gasteiger partial charge in [-0.15, -0.1) is 0 Å². The zero-order valence-corrected chi connectivity index (χ0v) is 16.8. The van der Waals surface area contributed by atoms with Crippen molar-refractivity contribution < 1.29 is 17.7 Å². The number of carbonyl (C=O) groups is 1. The maximum atomic E-state index is 12.9. The van der Waals surface area contributed by atoms with E-state index in [4.69, 9.17) is 0 Å². The Kier molecular flexibility index (Phi) is 5.51. The molecule has 0 radical (unpaired) electrons. The van der Waals surface area contributed by atoms with Crippen molar-refractivity contribution in [3.8, 4) is 11.4 Å². The number of aromatic amines is 1. The van der Waals surface area contributed by atoms with Gasteiger partial charge in [0.05, 0.1) is 4.90 Å². The molecule has 0 aliphatic carbocycles. The lowest BCUT2D eigenvalue weighted by molar-refractivity contribution is 0.102. The number of rotatable bonds is 5. The van der Waals surface area contributed by atoms with Crippen LogP contribution < -0.4 is 11.1 Å². The van der Waals surface area contributed by atoms with Crippen LogP contribution in [0.2, 0.25) is 0 Å². The van der Waals surface area contributed by atoms with Crippen LogP contribution in [0.4, 0.5) is 5.69 Å². The SMILES string of the molecule is O=C(Nc1cccc(-c2noc(=O)[nH]2)c1)c1cccc(S(=O)(=O)N2CCCCC2)c1. The average molecular weight is 428 g/mol. The van der Waals surface area contributed by atoms with Gasteiger partial charge in [-0.25, -0.2) is 13.2 Å². The number of aromatic nitrogens is 2. The van der Waals surface area contributed by atoms with Crippen molar-refractivity contribution in [3.63, 3.8) is 0 Å². The molecule has 30 heavy (non-hydrogen) atoms. The highest BCUT2D eigenvalue weighted by Crippen LogP contribution is 2.23. The summed E-state index contributed by atoms with van der Waals surface area (Å²) in [5.74, 6) is -0.881. The normalized spacial score (nSPS) is 15.1. The van der Waals surface area contributed by atoms with E-state index in [-0.39, 0.29) is 16.3 Å². The van der Waals surface area contributed by atoms with Crippen LogP contribution in [-0.4, -0.2) is 41.9 Å². The standard InChI is InChI=1S/C20H20N4O5S/c25-19(21-16-8-4-6-14(12-16)18-22-20(26)29-23-18)15-7-5-9-17(13-15)30(27,28)24-10-2-1-3-11-24/h4-9,12-13H,1-3,10-11H2,(H,21,25)(H,22,23,26). The van der Waals surface area contributed by atoms with E-state index in [0.717, 1.165) is 19.3 Å². The number of hydrogen-bond acceptors (Lipinski definition) is 6. The molecule has 2 aromatic carbocycles. The van der Waals surface area contributed by atoms with Crippen molar-refractivity contribution in [3.05, 3.63) is 64.6 Å². The van der Waals surface area contributed by atoms with E-state index in [1.807, 2.05) is 0 Å². The van der Waals surface area contributed by atoms with Crippen LogP contribution in [0, 0.1) is 0 Å². The molecule has 0 saturated carbocycles. The average Bonchev–Trinajstić information content (AvgIpc) is 3.21. The third-order valence-electron chi connectivity index (χ3n) is 4.88. The maximum absolute atomic E-state index is 12.9. The second-order valence-electron chi connectivity index (χ2n) is 6.97. The van der Waals surface area contributed by atoms with Gasteiger partial charge < -0.3 is 5.32 Å². The van der Waals surface area contributed by atoms with Gasteiger partial charge in [-0.3, -0.25) is 14.3 Å². The molecule has 1 saturated heterocycles. The minimum absolute atomic E-state index is 0.103. The number of piperidine rings is 1. The van der Waals surface area contributed by atoms with Crippen molar-refractivity contribution in [1.82, 2.24) is 14.4 Å². The molecule has 2 N–H and O–H groups in total. The second-order valence-corrected chi connectivity index (χ2v) is 8.91. The van der Waals surface area contributed by atoms with Crippen LogP contribution in [0.25, 0.3) is 11.4 Å². The highest BCUT2D eigenvalue weighted by molar-refractivity contribution is 7.89. The number of anilines is 1. The number of benzene rings is 2. The predicted molar refractivity (Wildman–Crippen MR) is 110 cm³/mol. The predicted octanol–water partition coefficient (Wildman–Crippen LogP) is 2.46. The van der Waals surface area contributed by atoms with Gasteiger partial charge in [0.15, 0.2) is 5.82 Å². The number of hydrogen-bond donors (Lipinski definition) is 2. The van der Waals surface area contributed by atoms with Crippen LogP contribution >= 0.6 is 0 Å². The molecule has 1 aliphatic heterocycles. The van der Waals surface area contributed by atoms with E-state index in [0.29, 0.717) is 24.3 Å². The molecule has 0 atom stereocenters. The summed E-state index contributed by atoms with van der Waals surface area (Å²) in [5, 5.41) is 6.36. The summed E-state index contributed by atoms with van der Waals surface area (Å²) in [6.45, 7) is 0.991. The Morgan fingerprint density at radius 1 is 1.07 bits per heavy atom. The van der Waals surface area contributed by atoms with E-state index in [1.165, 1.54) is 16.4 Å². The van der Waals surface area contributed by atoms with Gasteiger partial charge >= 0.3 is 5.76 Å². The van der Waals surface area contributed by atoms with Crippen LogP contribution in [0.5, 0.6) is 0 Å². The number of carbonyl (C=O) groups excluding carboxylic acids is 1. The summed E-state index contributed by atoms with van der Waals surface area (Å²) in [6.07, 6.45) is 2.70. The highest BCUT2D eigenvalue weighted by Gasteiger charge is 2.26. The minimum Gasteiger partial charge on any atom is -0.322 e. The van der Waals surface area contributed by atoms with E-state index >= 15 is 0 Å². The largest absolute Gasteiger partial charge is 0.439 e. The fourth-order valence-corrected chi connectivity index (χ4v) is 4.92. The molecule has 1 aromatic heterocycles. The third kappa shape index (κ3) is 4.19. The molecule has 0 spiro atoms. The summed E-state index contributed by atoms with van der Waals surface area (Å²) in [7, 11) is -3.63. The zero-order chi connectivity index (χ0) is 21.1. The lowest BCUT2D eigenvalue weighted by atomic mass is 10.1. The third-order valence-corrected chi connectivity index (χ3v) is 6.78. The van der Waals surface area contributed by atoms with Gasteiger partial charge in [0, 0.05) is 29.9 Å². The van der Waals surface area contributed by atoms with Gasteiger partial charge in [-0.1, -0.05) is 29.8 Å². The Morgan fingerprint density at radius 2 is 1.83 bits per heavy atom. The number of nitrogens with one attached hydrogen (secondary N) is 2. The molecular weight excluding hydrogens is 408 g/mol. The lowest BCUT2D eigenvalue weighted by Crippen LogP contribution is -2.35. The first-order chi connectivity index (χ1) is 14.4. The summed E-state index contributed by atoms with van der Waals surface area (Å²) < 4.78 is 31.7. The van der Waals surface area contributed by atoms with Crippen LogP contribution in [0.15, 0.2) is 62.7 Å². The number of H-pyrrole nitrogens is 1. The van der Waals surface area contributed by atoms with Crippen molar-refractivity contribution in [2.75, 3.05) is 18.4 Å². The molecule has 0 bridgehead atoms. The fourth-order valence-electron chi connectivity index (χ4n) is 3.35. The van der Waals surface area contributed by atoms with Gasteiger partial charge in [-0.05, 0) is 43.2 Å². The zero-order valence-electron chi connectivity index (χ0n) is 16.0. The first kappa shape index (κ1) is 20.0. The maximum Gasteiger partial charge on any atom is 0.439 e. The van der Waals surface area contributed by atoms with E-state index in [9.17, 15) is 18.0 Å². The molecule has 2 heterocycles. The van der Waals surface area contributed by atoms with Crippen molar-refractivity contribution in [2.24, 2.45) is 0 Å². The van der Waals surface area contributed by atoms with Crippen molar-refractivity contribution in [1.29, 1.82) is 0 Å². The molecule has 1 amide bonds. The summed E-state index contributed by atoms with van der Waals surface area (Å²) >= 11 is 0. The Bertz CT molecular complexity index is 1230. The molecule has 10 heteroatoms. The number of amides is 1. The molecule has 3 aromatic rings. The van der Waals surface area contributed by atoms with Crippen LogP contribution in [-0.2, 0) is 10.0 Å². The van der Waals surface area contributed by atoms with Crippen molar-refractivity contribution >= 4 is 21.6 Å². The molecular formula is C20H20N4O5S. The van der Waals surface area contributed by atoms with Gasteiger partial charge in [0.2, 0.25) is 10.0 Å². The summed E-state index contributed by atoms with van der Waals surface area (Å²) in [4.78, 5) is 26.4. The van der Waals surface area contributed by atoms with Gasteiger partial charge in [0.1, 0.15) is 0 Å². The highest BCUT2D eigenvalue weighted by atomic mass is 32.2. The second kappa shape index (κ2) is 8.25. The molecule has 9 nitrogen and oxygen atoms in total. The first-order valence-corrected chi connectivity index (χ1v) is 11.0. The molecule has 156 valence electrons.